The number of carbonyl (C=O) groups excluding carboxylic acids is 2. The molecule has 2 fully saturated rings. The first-order chi connectivity index (χ1) is 21.1. The van der Waals surface area contributed by atoms with E-state index in [-0.39, 0.29) is 24.3 Å². The van der Waals surface area contributed by atoms with Gasteiger partial charge in [0.1, 0.15) is 11.6 Å². The summed E-state index contributed by atoms with van der Waals surface area (Å²) in [7, 11) is 0. The molecule has 43 heavy (non-hydrogen) atoms. The Morgan fingerprint density at radius 1 is 0.930 bits per heavy atom. The van der Waals surface area contributed by atoms with Crippen LogP contribution in [0.5, 0.6) is 0 Å². The zero-order valence-electron chi connectivity index (χ0n) is 25.5. The minimum absolute atomic E-state index is 0.0235. The van der Waals surface area contributed by atoms with Crippen molar-refractivity contribution in [2.45, 2.75) is 82.4 Å². The van der Waals surface area contributed by atoms with Crippen molar-refractivity contribution in [3.63, 3.8) is 0 Å². The monoisotopic (exact) mass is 585 g/mol. The van der Waals surface area contributed by atoms with Crippen LogP contribution in [0.2, 0.25) is 0 Å². The van der Waals surface area contributed by atoms with E-state index >= 15 is 0 Å². The molecule has 5 rings (SSSR count). The number of imidazole rings is 1. The average molecular weight is 586 g/mol. The van der Waals surface area contributed by atoms with Gasteiger partial charge in [-0.3, -0.25) is 9.59 Å². The highest BCUT2D eigenvalue weighted by Crippen LogP contribution is 2.36. The standard InChI is InChI=1S/C35H47N5O3/c1-2-20-40-33(41)32(30(31-24-36-27-37-31)26-43-25-29-16-10-6-11-17-29)38-34(42)35(40)18-22-39(23-19-35)21-12-4-3-7-13-28-14-8-5-9-15-28/h5-6,8-11,14-17,24,27,30,32H,2-4,7,12-13,18-23,25-26H2,1H3,(H,36,37)(H,38,42)/t30?,32-/m1/s1. The van der Waals surface area contributed by atoms with Gasteiger partial charge >= 0.3 is 0 Å². The second-order valence-corrected chi connectivity index (χ2v) is 12.1. The third-order valence-electron chi connectivity index (χ3n) is 9.13. The summed E-state index contributed by atoms with van der Waals surface area (Å²) in [6.07, 6.45) is 11.5. The summed E-state index contributed by atoms with van der Waals surface area (Å²) in [6, 6.07) is 20.0. The lowest BCUT2D eigenvalue weighted by Crippen LogP contribution is -2.73. The van der Waals surface area contributed by atoms with Crippen molar-refractivity contribution in [2.75, 3.05) is 32.8 Å². The zero-order valence-corrected chi connectivity index (χ0v) is 25.5. The number of ether oxygens (including phenoxy) is 1. The van der Waals surface area contributed by atoms with E-state index in [4.69, 9.17) is 4.74 Å². The number of amides is 2. The molecular weight excluding hydrogens is 538 g/mol. The van der Waals surface area contributed by atoms with Crippen LogP contribution in [0, 0.1) is 0 Å². The van der Waals surface area contributed by atoms with Gasteiger partial charge in [-0.2, -0.15) is 0 Å². The molecule has 2 aliphatic rings. The molecule has 8 heteroatoms. The number of carbonyl (C=O) groups is 2. The van der Waals surface area contributed by atoms with Gasteiger partial charge in [-0.05, 0) is 56.2 Å². The number of rotatable bonds is 15. The van der Waals surface area contributed by atoms with E-state index < -0.39 is 11.6 Å². The average Bonchev–Trinajstić information content (AvgIpc) is 3.58. The molecule has 230 valence electrons. The molecule has 2 aromatic carbocycles. The van der Waals surface area contributed by atoms with Crippen molar-refractivity contribution >= 4 is 11.8 Å². The van der Waals surface area contributed by atoms with Crippen molar-refractivity contribution < 1.29 is 14.3 Å². The van der Waals surface area contributed by atoms with Crippen molar-refractivity contribution in [1.29, 1.82) is 0 Å². The normalized spacial score (nSPS) is 19.5. The second kappa shape index (κ2) is 15.3. The van der Waals surface area contributed by atoms with Crippen LogP contribution in [-0.2, 0) is 27.4 Å². The Labute approximate surface area is 256 Å². The lowest BCUT2D eigenvalue weighted by atomic mass is 9.79. The molecule has 1 aromatic heterocycles. The molecule has 0 saturated carbocycles. The molecular formula is C35H47N5O3. The Bertz CT molecular complexity index is 1260. The van der Waals surface area contributed by atoms with Gasteiger partial charge in [0.25, 0.3) is 0 Å². The minimum Gasteiger partial charge on any atom is -0.376 e. The number of aryl methyl sites for hydroxylation is 1. The predicted octanol–water partition coefficient (Wildman–Crippen LogP) is 5.08. The molecule has 0 bridgehead atoms. The fourth-order valence-corrected chi connectivity index (χ4v) is 6.67. The summed E-state index contributed by atoms with van der Waals surface area (Å²) in [5, 5.41) is 3.16. The van der Waals surface area contributed by atoms with E-state index in [1.807, 2.05) is 35.2 Å². The van der Waals surface area contributed by atoms with E-state index in [0.717, 1.165) is 43.7 Å². The maximum atomic E-state index is 14.2. The van der Waals surface area contributed by atoms with Crippen LogP contribution in [0.1, 0.15) is 74.6 Å². The van der Waals surface area contributed by atoms with Gasteiger partial charge in [0, 0.05) is 25.8 Å². The van der Waals surface area contributed by atoms with E-state index in [1.165, 1.54) is 31.2 Å². The van der Waals surface area contributed by atoms with Crippen LogP contribution in [-0.4, -0.2) is 75.9 Å². The molecule has 1 unspecified atom stereocenters. The first-order valence-corrected chi connectivity index (χ1v) is 16.1. The molecule has 0 aliphatic carbocycles. The number of piperidine rings is 1. The van der Waals surface area contributed by atoms with E-state index in [0.29, 0.717) is 26.0 Å². The van der Waals surface area contributed by atoms with E-state index in [2.05, 4.69) is 57.4 Å². The highest BCUT2D eigenvalue weighted by atomic mass is 16.5. The van der Waals surface area contributed by atoms with Crippen LogP contribution in [0.15, 0.2) is 73.2 Å². The molecule has 1 spiro atoms. The lowest BCUT2D eigenvalue weighted by molar-refractivity contribution is -0.162. The highest BCUT2D eigenvalue weighted by Gasteiger charge is 2.54. The Kier molecular flexibility index (Phi) is 11.0. The maximum Gasteiger partial charge on any atom is 0.246 e. The summed E-state index contributed by atoms with van der Waals surface area (Å²) in [4.78, 5) is 39.9. The molecule has 2 saturated heterocycles. The number of likely N-dealkylation sites (tertiary alicyclic amines) is 1. The largest absolute Gasteiger partial charge is 0.376 e. The van der Waals surface area contributed by atoms with Gasteiger partial charge in [0.05, 0.1) is 31.2 Å². The molecule has 2 atom stereocenters. The molecule has 2 aliphatic heterocycles. The number of unbranched alkanes of at least 4 members (excludes halogenated alkanes) is 3. The van der Waals surface area contributed by atoms with Crippen LogP contribution >= 0.6 is 0 Å². The summed E-state index contributed by atoms with van der Waals surface area (Å²) in [5.41, 5.74) is 2.42. The summed E-state index contributed by atoms with van der Waals surface area (Å²) in [5.74, 6) is -0.440. The van der Waals surface area contributed by atoms with E-state index in [9.17, 15) is 9.59 Å². The number of nitrogens with one attached hydrogen (secondary N) is 2. The second-order valence-electron chi connectivity index (χ2n) is 12.1. The fourth-order valence-electron chi connectivity index (χ4n) is 6.67. The van der Waals surface area contributed by atoms with Crippen molar-refractivity contribution in [2.24, 2.45) is 0 Å². The summed E-state index contributed by atoms with van der Waals surface area (Å²) >= 11 is 0. The zero-order chi connectivity index (χ0) is 29.9. The van der Waals surface area contributed by atoms with Crippen LogP contribution in [0.25, 0.3) is 0 Å². The quantitative estimate of drug-likeness (QED) is 0.243. The molecule has 3 aromatic rings. The van der Waals surface area contributed by atoms with Gasteiger partial charge in [0.2, 0.25) is 11.8 Å². The number of hydrogen-bond acceptors (Lipinski definition) is 5. The third kappa shape index (κ3) is 7.73. The summed E-state index contributed by atoms with van der Waals surface area (Å²) < 4.78 is 6.09. The molecule has 8 nitrogen and oxygen atoms in total. The molecule has 2 N–H and O–H groups in total. The lowest BCUT2D eigenvalue weighted by Gasteiger charge is -2.52. The molecule has 2 amide bonds. The van der Waals surface area contributed by atoms with Crippen molar-refractivity contribution in [3.05, 3.63) is 90.0 Å². The Morgan fingerprint density at radius 3 is 2.30 bits per heavy atom. The summed E-state index contributed by atoms with van der Waals surface area (Å²) in [6.45, 7) is 6.07. The number of hydrogen-bond donors (Lipinski definition) is 2. The van der Waals surface area contributed by atoms with Gasteiger partial charge < -0.3 is 24.8 Å². The molecule has 0 radical (unpaired) electrons. The number of piperazine rings is 1. The molecule has 3 heterocycles. The van der Waals surface area contributed by atoms with Crippen LogP contribution < -0.4 is 5.32 Å². The Hall–Kier alpha value is -3.49. The smallest absolute Gasteiger partial charge is 0.246 e. The van der Waals surface area contributed by atoms with Gasteiger partial charge in [-0.15, -0.1) is 0 Å². The number of aromatic amines is 1. The highest BCUT2D eigenvalue weighted by molar-refractivity contribution is 6.00. The third-order valence-corrected chi connectivity index (χ3v) is 9.13. The number of H-pyrrole nitrogens is 1. The van der Waals surface area contributed by atoms with Crippen molar-refractivity contribution in [3.8, 4) is 0 Å². The van der Waals surface area contributed by atoms with E-state index in [1.54, 1.807) is 12.5 Å². The predicted molar refractivity (Wildman–Crippen MR) is 168 cm³/mol. The minimum atomic E-state index is -0.781. The number of benzene rings is 2. The topological polar surface area (TPSA) is 90.6 Å². The van der Waals surface area contributed by atoms with Crippen molar-refractivity contribution in [1.82, 2.24) is 25.1 Å². The fraction of sp³-hybridized carbons (Fsp3) is 0.514. The maximum absolute atomic E-state index is 14.2. The number of nitrogens with zero attached hydrogens (tertiary/aromatic N) is 3. The van der Waals surface area contributed by atoms with Gasteiger partial charge in [-0.1, -0.05) is 80.4 Å². The van der Waals surface area contributed by atoms with Crippen LogP contribution in [0.3, 0.4) is 0 Å². The Morgan fingerprint density at radius 2 is 1.63 bits per heavy atom. The van der Waals surface area contributed by atoms with Gasteiger partial charge in [0.15, 0.2) is 0 Å². The SMILES string of the molecule is CCCN1C(=O)[C@@H](C(COCc2ccccc2)c2c[nH]cn2)NC(=O)C12CCN(CCCCCCc1ccccc1)CC2. The van der Waals surface area contributed by atoms with Gasteiger partial charge in [-0.25, -0.2) is 4.98 Å². The van der Waals surface area contributed by atoms with Crippen LogP contribution in [0.4, 0.5) is 0 Å². The number of aromatic nitrogens is 2. The first kappa shape index (κ1) is 31.0. The first-order valence-electron chi connectivity index (χ1n) is 16.1. The Balaban J connectivity index is 1.16.